The van der Waals surface area contributed by atoms with Gasteiger partial charge in [-0.15, -0.1) is 0 Å². The Labute approximate surface area is 145 Å². The van der Waals surface area contributed by atoms with Crippen LogP contribution in [0.15, 0.2) is 24.3 Å². The smallest absolute Gasteiger partial charge is 0.262 e. The summed E-state index contributed by atoms with van der Waals surface area (Å²) in [4.78, 5) is 40.7. The molecule has 4 rings (SSSR count). The number of carbonyl (C=O) groups excluding carboxylic acids is 3. The van der Waals surface area contributed by atoms with E-state index >= 15 is 0 Å². The molecule has 7 nitrogen and oxygen atoms in total. The van der Waals surface area contributed by atoms with Crippen molar-refractivity contribution in [1.29, 1.82) is 0 Å². The van der Waals surface area contributed by atoms with Crippen molar-refractivity contribution in [2.75, 3.05) is 26.3 Å². The highest BCUT2D eigenvalue weighted by molar-refractivity contribution is 6.22. The zero-order chi connectivity index (χ0) is 17.6. The molecule has 1 unspecified atom stereocenters. The highest BCUT2D eigenvalue weighted by Gasteiger charge is 2.45. The van der Waals surface area contributed by atoms with Crippen molar-refractivity contribution in [3.05, 3.63) is 35.4 Å². The number of hydrogen-bond acceptors (Lipinski definition) is 5. The summed E-state index contributed by atoms with van der Waals surface area (Å²) in [5.74, 6) is -1.59. The van der Waals surface area contributed by atoms with Gasteiger partial charge in [0.1, 0.15) is 6.04 Å². The second-order valence-corrected chi connectivity index (χ2v) is 6.63. The van der Waals surface area contributed by atoms with Crippen LogP contribution in [0.4, 0.5) is 0 Å². The Morgan fingerprint density at radius 3 is 2.08 bits per heavy atom. The van der Waals surface area contributed by atoms with Crippen LogP contribution in [-0.4, -0.2) is 65.7 Å². The molecular formula is C18H20N2O5. The van der Waals surface area contributed by atoms with E-state index in [4.69, 9.17) is 9.47 Å². The van der Waals surface area contributed by atoms with E-state index in [0.29, 0.717) is 50.3 Å². The highest BCUT2D eigenvalue weighted by Crippen LogP contribution is 2.32. The monoisotopic (exact) mass is 344 g/mol. The summed E-state index contributed by atoms with van der Waals surface area (Å²) in [5, 5.41) is 0. The van der Waals surface area contributed by atoms with E-state index in [2.05, 4.69) is 0 Å². The molecule has 1 aromatic rings. The predicted octanol–water partition coefficient (Wildman–Crippen LogP) is 1.04. The molecule has 7 heteroatoms. The molecule has 3 amide bonds. The normalized spacial score (nSPS) is 23.2. The van der Waals surface area contributed by atoms with Crippen LogP contribution >= 0.6 is 0 Å². The van der Waals surface area contributed by atoms with Crippen LogP contribution < -0.4 is 0 Å². The molecule has 25 heavy (non-hydrogen) atoms. The first kappa shape index (κ1) is 16.2. The van der Waals surface area contributed by atoms with Crippen LogP contribution in [0, 0.1) is 0 Å². The van der Waals surface area contributed by atoms with E-state index in [1.54, 1.807) is 36.1 Å². The Balaban J connectivity index is 1.47. The first-order valence-electron chi connectivity index (χ1n) is 8.56. The van der Waals surface area contributed by atoms with Crippen LogP contribution in [-0.2, 0) is 14.3 Å². The molecule has 1 aromatic carbocycles. The molecule has 0 saturated carbocycles. The lowest BCUT2D eigenvalue weighted by atomic mass is 10.0. The van der Waals surface area contributed by atoms with Crippen molar-refractivity contribution < 1.29 is 23.9 Å². The highest BCUT2D eigenvalue weighted by atomic mass is 16.7. The van der Waals surface area contributed by atoms with Crippen LogP contribution in [0.2, 0.25) is 0 Å². The Morgan fingerprint density at radius 2 is 1.56 bits per heavy atom. The van der Waals surface area contributed by atoms with Gasteiger partial charge in [-0.05, 0) is 19.1 Å². The second kappa shape index (κ2) is 5.93. The summed E-state index contributed by atoms with van der Waals surface area (Å²) in [6.45, 7) is 3.76. The number of amides is 3. The molecule has 0 aliphatic carbocycles. The zero-order valence-electron chi connectivity index (χ0n) is 14.1. The number of nitrogens with zero attached hydrogens (tertiary/aromatic N) is 2. The van der Waals surface area contributed by atoms with Gasteiger partial charge in [-0.3, -0.25) is 19.3 Å². The predicted molar refractivity (Wildman–Crippen MR) is 86.9 cm³/mol. The maximum Gasteiger partial charge on any atom is 0.262 e. The minimum atomic E-state index is -0.827. The molecule has 1 spiro atoms. The Morgan fingerprint density at radius 1 is 1.04 bits per heavy atom. The number of ether oxygens (including phenoxy) is 2. The van der Waals surface area contributed by atoms with Crippen LogP contribution in [0.1, 0.15) is 40.5 Å². The minimum Gasteiger partial charge on any atom is -0.347 e. The van der Waals surface area contributed by atoms with Gasteiger partial charge in [0.25, 0.3) is 11.8 Å². The zero-order valence-corrected chi connectivity index (χ0v) is 14.1. The third kappa shape index (κ3) is 2.54. The summed E-state index contributed by atoms with van der Waals surface area (Å²) in [5.41, 5.74) is 0.718. The van der Waals surface area contributed by atoms with Gasteiger partial charge in [0.2, 0.25) is 5.91 Å². The number of likely N-dealkylation sites (tertiary alicyclic amines) is 1. The van der Waals surface area contributed by atoms with Gasteiger partial charge in [-0.2, -0.15) is 0 Å². The van der Waals surface area contributed by atoms with Gasteiger partial charge in [0.05, 0.1) is 24.3 Å². The first-order chi connectivity index (χ1) is 12.0. The molecule has 0 aromatic heterocycles. The number of rotatable bonds is 2. The number of fused-ring (bicyclic) bond motifs is 1. The molecule has 0 N–H and O–H groups in total. The molecule has 0 bridgehead atoms. The lowest BCUT2D eigenvalue weighted by molar-refractivity contribution is -0.188. The molecule has 0 radical (unpaired) electrons. The molecule has 1 atom stereocenters. The summed E-state index contributed by atoms with van der Waals surface area (Å²) < 4.78 is 11.3. The van der Waals surface area contributed by atoms with Crippen LogP contribution in [0.5, 0.6) is 0 Å². The molecule has 132 valence electrons. The largest absolute Gasteiger partial charge is 0.347 e. The maximum atomic E-state index is 12.8. The maximum absolute atomic E-state index is 12.8. The summed E-state index contributed by atoms with van der Waals surface area (Å²) >= 11 is 0. The van der Waals surface area contributed by atoms with Crippen molar-refractivity contribution in [1.82, 2.24) is 9.80 Å². The van der Waals surface area contributed by atoms with Crippen LogP contribution in [0.25, 0.3) is 0 Å². The lowest BCUT2D eigenvalue weighted by Crippen LogP contribution is -2.54. The number of carbonyl (C=O) groups is 3. The fourth-order valence-corrected chi connectivity index (χ4v) is 3.79. The third-order valence-corrected chi connectivity index (χ3v) is 5.22. The van der Waals surface area contributed by atoms with E-state index in [1.807, 2.05) is 0 Å². The summed E-state index contributed by atoms with van der Waals surface area (Å²) in [7, 11) is 0. The summed E-state index contributed by atoms with van der Waals surface area (Å²) in [6, 6.07) is 5.84. The average Bonchev–Trinajstić information content (AvgIpc) is 3.19. The Hall–Kier alpha value is -2.25. The van der Waals surface area contributed by atoms with E-state index in [9.17, 15) is 14.4 Å². The molecule has 3 heterocycles. The van der Waals surface area contributed by atoms with Crippen molar-refractivity contribution >= 4 is 17.7 Å². The van der Waals surface area contributed by atoms with Crippen molar-refractivity contribution in [2.45, 2.75) is 31.6 Å². The van der Waals surface area contributed by atoms with E-state index < -0.39 is 23.6 Å². The molecule has 2 fully saturated rings. The van der Waals surface area contributed by atoms with Gasteiger partial charge >= 0.3 is 0 Å². The number of hydrogen-bond donors (Lipinski definition) is 0. The van der Waals surface area contributed by atoms with E-state index in [0.717, 1.165) is 4.90 Å². The van der Waals surface area contributed by atoms with Crippen molar-refractivity contribution in [3.63, 3.8) is 0 Å². The Kier molecular flexibility index (Phi) is 3.85. The molecule has 3 aliphatic heterocycles. The topological polar surface area (TPSA) is 76.2 Å². The molecular weight excluding hydrogens is 324 g/mol. The van der Waals surface area contributed by atoms with Gasteiger partial charge in [-0.1, -0.05) is 12.1 Å². The fourth-order valence-electron chi connectivity index (χ4n) is 3.79. The SMILES string of the molecule is CC(C(=O)N1CCC2(CC1)OCCO2)N1C(=O)c2ccccc2C1=O. The second-order valence-electron chi connectivity index (χ2n) is 6.63. The van der Waals surface area contributed by atoms with E-state index in [-0.39, 0.29) is 5.91 Å². The Bertz CT molecular complexity index is 696. The fraction of sp³-hybridized carbons (Fsp3) is 0.500. The molecule has 2 saturated heterocycles. The van der Waals surface area contributed by atoms with Gasteiger partial charge in [-0.25, -0.2) is 0 Å². The number of piperidine rings is 1. The van der Waals surface area contributed by atoms with Crippen molar-refractivity contribution in [2.24, 2.45) is 0 Å². The number of benzene rings is 1. The minimum absolute atomic E-state index is 0.220. The lowest BCUT2D eigenvalue weighted by Gasteiger charge is -2.39. The average molecular weight is 344 g/mol. The van der Waals surface area contributed by atoms with Gasteiger partial charge in [0, 0.05) is 25.9 Å². The van der Waals surface area contributed by atoms with E-state index in [1.165, 1.54) is 0 Å². The third-order valence-electron chi connectivity index (χ3n) is 5.22. The molecule has 3 aliphatic rings. The quantitative estimate of drug-likeness (QED) is 0.749. The standard InChI is InChI=1S/C18H20N2O5/c1-12(20-16(22)13-4-2-3-5-14(13)17(20)23)15(21)19-8-6-18(7-9-19)24-10-11-25-18/h2-5,12H,6-11H2,1H3. The van der Waals surface area contributed by atoms with Gasteiger partial charge in [0.15, 0.2) is 5.79 Å². The summed E-state index contributed by atoms with van der Waals surface area (Å²) in [6.07, 6.45) is 1.21. The first-order valence-corrected chi connectivity index (χ1v) is 8.56. The number of imide groups is 1. The van der Waals surface area contributed by atoms with Gasteiger partial charge < -0.3 is 14.4 Å². The van der Waals surface area contributed by atoms with Crippen molar-refractivity contribution in [3.8, 4) is 0 Å². The van der Waals surface area contributed by atoms with Crippen LogP contribution in [0.3, 0.4) is 0 Å².